The fourth-order valence-corrected chi connectivity index (χ4v) is 4.75. The number of hydrogen-bond donors (Lipinski definition) is 1. The number of nitrogens with zero attached hydrogens (tertiary/aromatic N) is 1. The molecule has 188 valence electrons. The summed E-state index contributed by atoms with van der Waals surface area (Å²) in [5.74, 6) is -4.62. The molecule has 36 heavy (non-hydrogen) atoms. The number of carboxylic acid groups (broad SMARTS) is 1. The summed E-state index contributed by atoms with van der Waals surface area (Å²) in [6, 6.07) is 13.2. The first-order valence-corrected chi connectivity index (χ1v) is 11.2. The molecule has 0 spiro atoms. The molecule has 0 amide bonds. The average Bonchev–Trinajstić information content (AvgIpc) is 3.10. The Balaban J connectivity index is 1.74. The van der Waals surface area contributed by atoms with Gasteiger partial charge in [0.15, 0.2) is 5.58 Å². The molecule has 0 bridgehead atoms. The lowest BCUT2D eigenvalue weighted by Crippen LogP contribution is -2.26. The van der Waals surface area contributed by atoms with E-state index in [0.29, 0.717) is 11.1 Å². The van der Waals surface area contributed by atoms with E-state index in [1.165, 1.54) is 57.5 Å². The van der Waals surface area contributed by atoms with Crippen LogP contribution in [-0.4, -0.2) is 28.9 Å². The van der Waals surface area contributed by atoms with Crippen molar-refractivity contribution in [2.45, 2.75) is 24.9 Å². The summed E-state index contributed by atoms with van der Waals surface area (Å²) in [6.07, 6.45) is -4.60. The van der Waals surface area contributed by atoms with Crippen molar-refractivity contribution in [2.75, 3.05) is 7.11 Å². The zero-order valence-electron chi connectivity index (χ0n) is 19.4. The van der Waals surface area contributed by atoms with Crippen molar-refractivity contribution in [1.82, 2.24) is 4.57 Å². The number of aromatic nitrogens is 1. The van der Waals surface area contributed by atoms with E-state index >= 15 is 0 Å². The molecule has 4 aromatic rings. The molecule has 10 heteroatoms. The Morgan fingerprint density at radius 2 is 1.75 bits per heavy atom. The standard InChI is InChI=1S/C26H21ClF3NO5/c1-13(23(26(28,29)30)16-6-9-21-20(11-16)31(2)25(34)36-21)17-7-4-14(10-19(17)27)15-5-8-18(24(32)33)22(12-15)35-3/h4-13,23H,1-3H3,(H,32,33). The van der Waals surface area contributed by atoms with Crippen LogP contribution in [0, 0.1) is 0 Å². The van der Waals surface area contributed by atoms with Crippen LogP contribution in [0.5, 0.6) is 5.75 Å². The van der Waals surface area contributed by atoms with Gasteiger partial charge in [0.2, 0.25) is 0 Å². The van der Waals surface area contributed by atoms with Gasteiger partial charge in [-0.1, -0.05) is 42.8 Å². The number of fused-ring (bicyclic) bond motifs is 1. The average molecular weight is 520 g/mol. The van der Waals surface area contributed by atoms with E-state index in [1.54, 1.807) is 18.2 Å². The Morgan fingerprint density at radius 3 is 2.36 bits per heavy atom. The van der Waals surface area contributed by atoms with Crippen molar-refractivity contribution >= 4 is 28.7 Å². The van der Waals surface area contributed by atoms with Crippen LogP contribution in [0.2, 0.25) is 5.02 Å². The van der Waals surface area contributed by atoms with Crippen molar-refractivity contribution < 1.29 is 32.2 Å². The van der Waals surface area contributed by atoms with Crippen LogP contribution >= 0.6 is 11.6 Å². The molecular weight excluding hydrogens is 499 g/mol. The maximum Gasteiger partial charge on any atom is 0.419 e. The summed E-state index contributed by atoms with van der Waals surface area (Å²) >= 11 is 6.48. The van der Waals surface area contributed by atoms with Gasteiger partial charge in [0.05, 0.1) is 18.5 Å². The molecular formula is C26H21ClF3NO5. The van der Waals surface area contributed by atoms with Gasteiger partial charge in [-0.2, -0.15) is 13.2 Å². The second-order valence-corrected chi connectivity index (χ2v) is 8.83. The third-order valence-electron chi connectivity index (χ3n) is 6.28. The Morgan fingerprint density at radius 1 is 1.08 bits per heavy atom. The van der Waals surface area contributed by atoms with Gasteiger partial charge in [-0.25, -0.2) is 9.59 Å². The normalized spacial score (nSPS) is 13.5. The number of benzene rings is 3. The second-order valence-electron chi connectivity index (χ2n) is 8.42. The summed E-state index contributed by atoms with van der Waals surface area (Å²) in [7, 11) is 2.77. The first kappa shape index (κ1) is 25.4. The van der Waals surface area contributed by atoms with Gasteiger partial charge in [0.25, 0.3) is 0 Å². The Hall–Kier alpha value is -3.72. The quantitative estimate of drug-likeness (QED) is 0.310. The molecule has 3 aromatic carbocycles. The first-order chi connectivity index (χ1) is 16.9. The minimum absolute atomic E-state index is 0.0160. The zero-order chi connectivity index (χ0) is 26.4. The van der Waals surface area contributed by atoms with Crippen molar-refractivity contribution in [1.29, 1.82) is 0 Å². The number of aromatic carboxylic acids is 1. The minimum atomic E-state index is -4.60. The molecule has 0 radical (unpaired) electrons. The lowest BCUT2D eigenvalue weighted by Gasteiger charge is -2.28. The third kappa shape index (κ3) is 4.58. The molecule has 1 N–H and O–H groups in total. The molecule has 2 atom stereocenters. The monoisotopic (exact) mass is 519 g/mol. The second kappa shape index (κ2) is 9.39. The predicted molar refractivity (Wildman–Crippen MR) is 129 cm³/mol. The number of alkyl halides is 3. The fraction of sp³-hybridized carbons (Fsp3) is 0.231. The highest BCUT2D eigenvalue weighted by Gasteiger charge is 2.45. The van der Waals surface area contributed by atoms with E-state index in [9.17, 15) is 27.9 Å². The van der Waals surface area contributed by atoms with Crippen LogP contribution < -0.4 is 10.5 Å². The number of carbonyl (C=O) groups is 1. The number of ether oxygens (including phenoxy) is 1. The van der Waals surface area contributed by atoms with E-state index in [2.05, 4.69) is 0 Å². The predicted octanol–water partition coefficient (Wildman–Crippen LogP) is 6.61. The number of carboxylic acids is 1. The molecule has 6 nitrogen and oxygen atoms in total. The van der Waals surface area contributed by atoms with Crippen molar-refractivity contribution in [3.63, 3.8) is 0 Å². The van der Waals surface area contributed by atoms with Gasteiger partial charge >= 0.3 is 17.9 Å². The fourth-order valence-electron chi connectivity index (χ4n) is 4.40. The van der Waals surface area contributed by atoms with Crippen molar-refractivity contribution in [2.24, 2.45) is 7.05 Å². The Kier molecular flexibility index (Phi) is 6.62. The largest absolute Gasteiger partial charge is 0.496 e. The first-order valence-electron chi connectivity index (χ1n) is 10.8. The van der Waals surface area contributed by atoms with E-state index in [4.69, 9.17) is 20.8 Å². The summed E-state index contributed by atoms with van der Waals surface area (Å²) < 4.78 is 54.3. The summed E-state index contributed by atoms with van der Waals surface area (Å²) in [6.45, 7) is 1.45. The molecule has 2 unspecified atom stereocenters. The van der Waals surface area contributed by atoms with E-state index < -0.39 is 29.7 Å². The minimum Gasteiger partial charge on any atom is -0.496 e. The van der Waals surface area contributed by atoms with E-state index in [0.717, 1.165) is 4.57 Å². The molecule has 0 saturated carbocycles. The van der Waals surface area contributed by atoms with Gasteiger partial charge in [-0.3, -0.25) is 4.57 Å². The van der Waals surface area contributed by atoms with E-state index in [1.807, 2.05) is 0 Å². The van der Waals surface area contributed by atoms with Gasteiger partial charge in [-0.15, -0.1) is 0 Å². The molecule has 1 aromatic heterocycles. The molecule has 1 heterocycles. The topological polar surface area (TPSA) is 81.7 Å². The molecule has 4 rings (SSSR count). The summed E-state index contributed by atoms with van der Waals surface area (Å²) in [5.41, 5.74) is 1.90. The molecule has 0 aliphatic rings. The molecule has 0 saturated heterocycles. The number of aryl methyl sites for hydroxylation is 1. The number of halogens is 4. The van der Waals surface area contributed by atoms with Gasteiger partial charge in [0.1, 0.15) is 11.3 Å². The van der Waals surface area contributed by atoms with Crippen LogP contribution in [-0.2, 0) is 7.05 Å². The summed E-state index contributed by atoms with van der Waals surface area (Å²) in [4.78, 5) is 23.1. The van der Waals surface area contributed by atoms with Gasteiger partial charge in [0, 0.05) is 12.1 Å². The van der Waals surface area contributed by atoms with Gasteiger partial charge in [-0.05, 0) is 58.5 Å². The van der Waals surface area contributed by atoms with Crippen molar-refractivity contribution in [3.8, 4) is 16.9 Å². The lowest BCUT2D eigenvalue weighted by molar-refractivity contribution is -0.154. The Bertz CT molecular complexity index is 1520. The highest BCUT2D eigenvalue weighted by Crippen LogP contribution is 2.47. The van der Waals surface area contributed by atoms with Gasteiger partial charge < -0.3 is 14.3 Å². The van der Waals surface area contributed by atoms with Crippen LogP contribution in [0.4, 0.5) is 13.2 Å². The van der Waals surface area contributed by atoms with Crippen LogP contribution in [0.1, 0.15) is 40.2 Å². The number of methoxy groups -OCH3 is 1. The third-order valence-corrected chi connectivity index (χ3v) is 6.61. The zero-order valence-corrected chi connectivity index (χ0v) is 20.1. The maximum atomic E-state index is 14.3. The maximum absolute atomic E-state index is 14.3. The number of rotatable bonds is 6. The molecule has 0 aliphatic heterocycles. The highest BCUT2D eigenvalue weighted by atomic mass is 35.5. The SMILES string of the molecule is COc1cc(-c2ccc(C(C)C(c3ccc4oc(=O)n(C)c4c3)C(F)(F)F)c(Cl)c2)ccc1C(=O)O. The molecule has 0 aliphatic carbocycles. The number of oxazole rings is 1. The number of hydrogen-bond acceptors (Lipinski definition) is 4. The van der Waals surface area contributed by atoms with E-state index in [-0.39, 0.29) is 38.6 Å². The van der Waals surface area contributed by atoms with Crippen molar-refractivity contribution in [3.05, 3.63) is 86.9 Å². The lowest BCUT2D eigenvalue weighted by atomic mass is 9.81. The smallest absolute Gasteiger partial charge is 0.419 e. The highest BCUT2D eigenvalue weighted by molar-refractivity contribution is 6.31. The van der Waals surface area contributed by atoms with Crippen LogP contribution in [0.25, 0.3) is 22.2 Å². The molecule has 0 fully saturated rings. The van der Waals surface area contributed by atoms with Crippen LogP contribution in [0.3, 0.4) is 0 Å². The van der Waals surface area contributed by atoms with Crippen LogP contribution in [0.15, 0.2) is 63.8 Å². The Labute approximate surface area is 208 Å². The summed E-state index contributed by atoms with van der Waals surface area (Å²) in [5, 5.41) is 9.40.